The first-order valence-corrected chi connectivity index (χ1v) is 6.13. The highest BCUT2D eigenvalue weighted by molar-refractivity contribution is 6.03. The number of rotatable bonds is 7. The lowest BCUT2D eigenvalue weighted by Gasteiger charge is -2.03. The van der Waals surface area contributed by atoms with Gasteiger partial charge in [0, 0.05) is 12.0 Å². The van der Waals surface area contributed by atoms with Crippen molar-refractivity contribution in [3.63, 3.8) is 0 Å². The van der Waals surface area contributed by atoms with E-state index in [1.54, 1.807) is 24.3 Å². The van der Waals surface area contributed by atoms with Gasteiger partial charge < -0.3 is 19.0 Å². The number of fused-ring (bicyclic) bond motifs is 1. The Kier molecular flexibility index (Phi) is 4.54. The molecular weight excluding hydrogens is 248 g/mol. The molecule has 0 fully saturated rings. The summed E-state index contributed by atoms with van der Waals surface area (Å²) in [6.07, 6.45) is 0. The van der Waals surface area contributed by atoms with E-state index in [-0.39, 0.29) is 12.2 Å². The zero-order valence-electron chi connectivity index (χ0n) is 10.7. The molecule has 19 heavy (non-hydrogen) atoms. The average molecular weight is 264 g/mol. The van der Waals surface area contributed by atoms with Crippen LogP contribution in [0.25, 0.3) is 11.0 Å². The SMILES string of the molecule is CCOCCOCc1oc2ccccc2c1C(=O)O. The third kappa shape index (κ3) is 3.13. The first kappa shape index (κ1) is 13.6. The predicted molar refractivity (Wildman–Crippen MR) is 69.3 cm³/mol. The molecule has 5 nitrogen and oxygen atoms in total. The third-order valence-corrected chi connectivity index (χ3v) is 2.69. The fourth-order valence-electron chi connectivity index (χ4n) is 1.86. The van der Waals surface area contributed by atoms with Crippen LogP contribution >= 0.6 is 0 Å². The summed E-state index contributed by atoms with van der Waals surface area (Å²) in [7, 11) is 0. The van der Waals surface area contributed by atoms with Crippen LogP contribution in [0.1, 0.15) is 23.0 Å². The van der Waals surface area contributed by atoms with Gasteiger partial charge in [-0.05, 0) is 13.0 Å². The molecule has 0 radical (unpaired) electrons. The summed E-state index contributed by atoms with van der Waals surface area (Å²) in [5.74, 6) is -0.668. The second-order valence-corrected chi connectivity index (χ2v) is 3.95. The molecule has 1 aromatic heterocycles. The van der Waals surface area contributed by atoms with Crippen molar-refractivity contribution in [2.24, 2.45) is 0 Å². The van der Waals surface area contributed by atoms with Crippen molar-refractivity contribution >= 4 is 16.9 Å². The van der Waals surface area contributed by atoms with Gasteiger partial charge >= 0.3 is 5.97 Å². The van der Waals surface area contributed by atoms with Crippen LogP contribution < -0.4 is 0 Å². The molecular formula is C14H16O5. The van der Waals surface area contributed by atoms with Gasteiger partial charge in [0.15, 0.2) is 0 Å². The quantitative estimate of drug-likeness (QED) is 0.779. The number of benzene rings is 1. The lowest BCUT2D eigenvalue weighted by molar-refractivity contribution is 0.0385. The van der Waals surface area contributed by atoms with Gasteiger partial charge in [-0.3, -0.25) is 0 Å². The number of carbonyl (C=O) groups is 1. The Balaban J connectivity index is 2.13. The molecule has 1 heterocycles. The van der Waals surface area contributed by atoms with Gasteiger partial charge in [0.2, 0.25) is 0 Å². The molecule has 0 unspecified atom stereocenters. The summed E-state index contributed by atoms with van der Waals surface area (Å²) in [5.41, 5.74) is 0.732. The van der Waals surface area contributed by atoms with Gasteiger partial charge in [0.1, 0.15) is 23.5 Å². The lowest BCUT2D eigenvalue weighted by Crippen LogP contribution is -2.06. The van der Waals surface area contributed by atoms with E-state index in [1.165, 1.54) is 0 Å². The molecule has 0 bridgehead atoms. The number of aromatic carboxylic acids is 1. The highest BCUT2D eigenvalue weighted by Crippen LogP contribution is 2.26. The minimum atomic E-state index is -1.01. The van der Waals surface area contributed by atoms with Gasteiger partial charge in [-0.2, -0.15) is 0 Å². The molecule has 0 aliphatic carbocycles. The molecule has 0 spiro atoms. The maximum Gasteiger partial charge on any atom is 0.340 e. The van der Waals surface area contributed by atoms with E-state index in [1.807, 2.05) is 6.92 Å². The van der Waals surface area contributed by atoms with E-state index in [0.29, 0.717) is 36.6 Å². The van der Waals surface area contributed by atoms with Crippen LogP contribution in [0.4, 0.5) is 0 Å². The largest absolute Gasteiger partial charge is 0.478 e. The molecule has 2 rings (SSSR count). The zero-order valence-corrected chi connectivity index (χ0v) is 10.7. The highest BCUT2D eigenvalue weighted by atomic mass is 16.5. The molecule has 0 amide bonds. The van der Waals surface area contributed by atoms with Crippen molar-refractivity contribution in [3.8, 4) is 0 Å². The first-order chi connectivity index (χ1) is 9.24. The molecule has 2 aromatic rings. The first-order valence-electron chi connectivity index (χ1n) is 6.13. The number of hydrogen-bond donors (Lipinski definition) is 1. The van der Waals surface area contributed by atoms with E-state index in [2.05, 4.69) is 0 Å². The van der Waals surface area contributed by atoms with Crippen LogP contribution in [0.2, 0.25) is 0 Å². The van der Waals surface area contributed by atoms with E-state index >= 15 is 0 Å². The summed E-state index contributed by atoms with van der Waals surface area (Å²) in [4.78, 5) is 11.3. The van der Waals surface area contributed by atoms with Gasteiger partial charge in [0.05, 0.1) is 13.2 Å². The van der Waals surface area contributed by atoms with Crippen LogP contribution in [-0.2, 0) is 16.1 Å². The van der Waals surface area contributed by atoms with E-state index in [0.717, 1.165) is 0 Å². The van der Waals surface area contributed by atoms with E-state index < -0.39 is 5.97 Å². The maximum absolute atomic E-state index is 11.3. The summed E-state index contributed by atoms with van der Waals surface area (Å²) in [6.45, 7) is 3.56. The molecule has 0 aliphatic rings. The Hall–Kier alpha value is -1.85. The molecule has 0 saturated heterocycles. The fourth-order valence-corrected chi connectivity index (χ4v) is 1.86. The van der Waals surface area contributed by atoms with Crippen LogP contribution in [0.5, 0.6) is 0 Å². The van der Waals surface area contributed by atoms with Crippen LogP contribution in [-0.4, -0.2) is 30.9 Å². The third-order valence-electron chi connectivity index (χ3n) is 2.69. The standard InChI is InChI=1S/C14H16O5/c1-2-17-7-8-18-9-12-13(14(15)16)10-5-3-4-6-11(10)19-12/h3-6H,2,7-9H2,1H3,(H,15,16). The monoisotopic (exact) mass is 264 g/mol. The summed E-state index contributed by atoms with van der Waals surface area (Å²) < 4.78 is 16.0. The molecule has 5 heteroatoms. The molecule has 1 N–H and O–H groups in total. The topological polar surface area (TPSA) is 68.9 Å². The summed E-state index contributed by atoms with van der Waals surface area (Å²) in [5, 5.41) is 9.85. The second kappa shape index (κ2) is 6.36. The molecule has 102 valence electrons. The van der Waals surface area contributed by atoms with Crippen LogP contribution in [0.15, 0.2) is 28.7 Å². The Morgan fingerprint density at radius 2 is 2.00 bits per heavy atom. The van der Waals surface area contributed by atoms with Gasteiger partial charge in [-0.25, -0.2) is 4.79 Å². The van der Waals surface area contributed by atoms with Crippen molar-refractivity contribution in [2.75, 3.05) is 19.8 Å². The highest BCUT2D eigenvalue weighted by Gasteiger charge is 2.19. The van der Waals surface area contributed by atoms with Crippen molar-refractivity contribution in [3.05, 3.63) is 35.6 Å². The zero-order chi connectivity index (χ0) is 13.7. The number of carboxylic acid groups (broad SMARTS) is 1. The summed E-state index contributed by atoms with van der Waals surface area (Å²) >= 11 is 0. The molecule has 0 atom stereocenters. The average Bonchev–Trinajstić information content (AvgIpc) is 2.76. The molecule has 0 saturated carbocycles. The number of carboxylic acids is 1. The number of hydrogen-bond acceptors (Lipinski definition) is 4. The minimum Gasteiger partial charge on any atom is -0.478 e. The Morgan fingerprint density at radius 1 is 1.26 bits per heavy atom. The van der Waals surface area contributed by atoms with Gasteiger partial charge in [-0.15, -0.1) is 0 Å². The van der Waals surface area contributed by atoms with Crippen molar-refractivity contribution in [2.45, 2.75) is 13.5 Å². The smallest absolute Gasteiger partial charge is 0.340 e. The van der Waals surface area contributed by atoms with Crippen molar-refractivity contribution in [1.82, 2.24) is 0 Å². The summed E-state index contributed by atoms with van der Waals surface area (Å²) in [6, 6.07) is 7.05. The Bertz CT molecular complexity index is 558. The molecule has 0 aliphatic heterocycles. The second-order valence-electron chi connectivity index (χ2n) is 3.95. The number of ether oxygens (including phenoxy) is 2. The Labute approximate surface area is 110 Å². The minimum absolute atomic E-state index is 0.128. The van der Waals surface area contributed by atoms with E-state index in [4.69, 9.17) is 13.9 Å². The van der Waals surface area contributed by atoms with Gasteiger partial charge in [-0.1, -0.05) is 18.2 Å². The van der Waals surface area contributed by atoms with Crippen LogP contribution in [0.3, 0.4) is 0 Å². The van der Waals surface area contributed by atoms with Crippen molar-refractivity contribution < 1.29 is 23.8 Å². The maximum atomic E-state index is 11.3. The number of para-hydroxylation sites is 1. The van der Waals surface area contributed by atoms with Gasteiger partial charge in [0.25, 0.3) is 0 Å². The Morgan fingerprint density at radius 3 is 2.74 bits per heavy atom. The van der Waals surface area contributed by atoms with Crippen molar-refractivity contribution in [1.29, 1.82) is 0 Å². The normalized spacial score (nSPS) is 11.0. The number of furan rings is 1. The predicted octanol–water partition coefficient (Wildman–Crippen LogP) is 2.68. The van der Waals surface area contributed by atoms with E-state index in [9.17, 15) is 9.90 Å². The molecule has 1 aromatic carbocycles. The lowest BCUT2D eigenvalue weighted by atomic mass is 10.1. The van der Waals surface area contributed by atoms with Crippen LogP contribution in [0, 0.1) is 0 Å². The fraction of sp³-hybridized carbons (Fsp3) is 0.357.